The van der Waals surface area contributed by atoms with Gasteiger partial charge in [0.25, 0.3) is 10.0 Å². The van der Waals surface area contributed by atoms with Crippen molar-refractivity contribution in [1.82, 2.24) is 4.31 Å². The summed E-state index contributed by atoms with van der Waals surface area (Å²) in [5.74, 6) is 0. The number of thiophene rings is 1. The first-order chi connectivity index (χ1) is 9.12. The molecule has 0 bridgehead atoms. The second-order valence-electron chi connectivity index (χ2n) is 3.73. The van der Waals surface area contributed by atoms with E-state index in [1.165, 1.54) is 15.6 Å². The van der Waals surface area contributed by atoms with E-state index < -0.39 is 10.0 Å². The first kappa shape index (κ1) is 16.6. The molecule has 7 heteroatoms. The lowest BCUT2D eigenvalue weighted by molar-refractivity contribution is 0.110. The monoisotopic (exact) mass is 307 g/mol. The molecule has 0 saturated heterocycles. The second kappa shape index (κ2) is 8.65. The van der Waals surface area contributed by atoms with Crippen molar-refractivity contribution < 1.29 is 17.9 Å². The van der Waals surface area contributed by atoms with E-state index in [1.54, 1.807) is 17.5 Å². The van der Waals surface area contributed by atoms with Crippen LogP contribution in [0, 0.1) is 0 Å². The van der Waals surface area contributed by atoms with Gasteiger partial charge in [0.2, 0.25) is 0 Å². The van der Waals surface area contributed by atoms with E-state index >= 15 is 0 Å². The maximum atomic E-state index is 12.4. The lowest BCUT2D eigenvalue weighted by atomic mass is 10.6. The van der Waals surface area contributed by atoms with Crippen molar-refractivity contribution in [2.75, 3.05) is 39.5 Å². The molecule has 110 valence electrons. The Kier molecular flexibility index (Phi) is 7.55. The highest BCUT2D eigenvalue weighted by Gasteiger charge is 2.24. The minimum atomic E-state index is -3.43. The number of ether oxygens (including phenoxy) is 2. The van der Waals surface area contributed by atoms with Gasteiger partial charge in [-0.25, -0.2) is 8.42 Å². The predicted octanol–water partition coefficient (Wildman–Crippen LogP) is 1.81. The Morgan fingerprint density at radius 1 is 1.16 bits per heavy atom. The van der Waals surface area contributed by atoms with Gasteiger partial charge in [0, 0.05) is 26.3 Å². The Bertz CT molecular complexity index is 421. The molecule has 1 rings (SSSR count). The summed E-state index contributed by atoms with van der Waals surface area (Å²) in [4.78, 5) is 0. The molecule has 19 heavy (non-hydrogen) atoms. The predicted molar refractivity (Wildman–Crippen MR) is 76.1 cm³/mol. The summed E-state index contributed by atoms with van der Waals surface area (Å²) in [6.07, 6.45) is 0. The summed E-state index contributed by atoms with van der Waals surface area (Å²) in [5, 5.41) is 1.76. The van der Waals surface area contributed by atoms with Crippen molar-refractivity contribution >= 4 is 21.4 Å². The first-order valence-electron chi connectivity index (χ1n) is 6.32. The average molecular weight is 307 g/mol. The molecule has 0 N–H and O–H groups in total. The number of nitrogens with zero attached hydrogens (tertiary/aromatic N) is 1. The Morgan fingerprint density at radius 3 is 2.16 bits per heavy atom. The van der Waals surface area contributed by atoms with Gasteiger partial charge >= 0.3 is 0 Å². The van der Waals surface area contributed by atoms with Crippen LogP contribution < -0.4 is 0 Å². The van der Waals surface area contributed by atoms with Gasteiger partial charge in [0.15, 0.2) is 0 Å². The first-order valence-corrected chi connectivity index (χ1v) is 8.64. The lowest BCUT2D eigenvalue weighted by Gasteiger charge is -2.21. The van der Waals surface area contributed by atoms with Crippen LogP contribution in [0.4, 0.5) is 0 Å². The summed E-state index contributed by atoms with van der Waals surface area (Å²) in [7, 11) is -3.43. The van der Waals surface area contributed by atoms with E-state index in [4.69, 9.17) is 9.47 Å². The normalized spacial score (nSPS) is 12.2. The van der Waals surface area contributed by atoms with Gasteiger partial charge in [0.1, 0.15) is 4.21 Å². The van der Waals surface area contributed by atoms with E-state index in [0.717, 1.165) is 0 Å². The van der Waals surface area contributed by atoms with Crippen LogP contribution in [0.2, 0.25) is 0 Å². The van der Waals surface area contributed by atoms with Gasteiger partial charge < -0.3 is 9.47 Å². The minimum Gasteiger partial charge on any atom is -0.380 e. The zero-order valence-corrected chi connectivity index (χ0v) is 13.0. The summed E-state index contributed by atoms with van der Waals surface area (Å²) < 4.78 is 37.1. The number of rotatable bonds is 10. The van der Waals surface area contributed by atoms with Crippen LogP contribution in [-0.4, -0.2) is 52.2 Å². The summed E-state index contributed by atoms with van der Waals surface area (Å²) >= 11 is 1.23. The third kappa shape index (κ3) is 5.19. The van der Waals surface area contributed by atoms with E-state index in [9.17, 15) is 8.42 Å². The fourth-order valence-corrected chi connectivity index (χ4v) is 4.06. The topological polar surface area (TPSA) is 55.8 Å². The molecule has 0 radical (unpaired) electrons. The Balaban J connectivity index is 2.70. The van der Waals surface area contributed by atoms with Crippen LogP contribution in [0.5, 0.6) is 0 Å². The molecule has 0 amide bonds. The molecule has 0 fully saturated rings. The zero-order valence-electron chi connectivity index (χ0n) is 11.4. The fraction of sp³-hybridized carbons (Fsp3) is 0.667. The highest BCUT2D eigenvalue weighted by atomic mass is 32.2. The van der Waals surface area contributed by atoms with Gasteiger partial charge in [-0.1, -0.05) is 6.07 Å². The average Bonchev–Trinajstić information content (AvgIpc) is 2.91. The number of hydrogen-bond acceptors (Lipinski definition) is 5. The number of hydrogen-bond donors (Lipinski definition) is 0. The zero-order chi connectivity index (χ0) is 14.1. The second-order valence-corrected chi connectivity index (χ2v) is 6.84. The van der Waals surface area contributed by atoms with Crippen molar-refractivity contribution in [1.29, 1.82) is 0 Å². The molecular formula is C12H21NO4S2. The van der Waals surface area contributed by atoms with E-state index in [1.807, 2.05) is 13.8 Å². The summed E-state index contributed by atoms with van der Waals surface area (Å²) in [6, 6.07) is 3.36. The Hall–Kier alpha value is -0.470. The third-order valence-electron chi connectivity index (χ3n) is 2.47. The quantitative estimate of drug-likeness (QED) is 0.619. The minimum absolute atomic E-state index is 0.348. The van der Waals surface area contributed by atoms with Crippen LogP contribution in [0.1, 0.15) is 13.8 Å². The molecule has 0 saturated carbocycles. The van der Waals surface area contributed by atoms with Crippen LogP contribution >= 0.6 is 11.3 Å². The standard InChI is InChI=1S/C12H21NO4S2/c1-3-16-9-7-13(8-10-17-4-2)19(14,15)12-6-5-11-18-12/h5-6,11H,3-4,7-10H2,1-2H3. The smallest absolute Gasteiger partial charge is 0.252 e. The van der Waals surface area contributed by atoms with Crippen LogP contribution in [0.15, 0.2) is 21.7 Å². The van der Waals surface area contributed by atoms with Gasteiger partial charge in [-0.3, -0.25) is 0 Å². The molecular weight excluding hydrogens is 286 g/mol. The van der Waals surface area contributed by atoms with Gasteiger partial charge in [-0.15, -0.1) is 11.3 Å². The lowest BCUT2D eigenvalue weighted by Crippen LogP contribution is -2.36. The molecule has 0 aliphatic heterocycles. The van der Waals surface area contributed by atoms with Crippen molar-refractivity contribution in [3.63, 3.8) is 0 Å². The fourth-order valence-electron chi connectivity index (χ4n) is 1.51. The molecule has 0 spiro atoms. The molecule has 1 heterocycles. The van der Waals surface area contributed by atoms with E-state index in [2.05, 4.69) is 0 Å². The largest absolute Gasteiger partial charge is 0.380 e. The highest BCUT2D eigenvalue weighted by molar-refractivity contribution is 7.91. The Labute approximate surface area is 119 Å². The molecule has 1 aromatic rings. The van der Waals surface area contributed by atoms with Crippen LogP contribution in [0.25, 0.3) is 0 Å². The van der Waals surface area contributed by atoms with Gasteiger partial charge in [-0.05, 0) is 25.3 Å². The summed E-state index contributed by atoms with van der Waals surface area (Å²) in [5.41, 5.74) is 0. The van der Waals surface area contributed by atoms with Crippen LogP contribution in [-0.2, 0) is 19.5 Å². The van der Waals surface area contributed by atoms with Crippen molar-refractivity contribution in [2.24, 2.45) is 0 Å². The van der Waals surface area contributed by atoms with Gasteiger partial charge in [0.05, 0.1) is 13.2 Å². The molecule has 0 unspecified atom stereocenters. The van der Waals surface area contributed by atoms with Crippen molar-refractivity contribution in [3.05, 3.63) is 17.5 Å². The molecule has 1 aromatic heterocycles. The molecule has 0 aliphatic rings. The highest BCUT2D eigenvalue weighted by Crippen LogP contribution is 2.20. The molecule has 5 nitrogen and oxygen atoms in total. The van der Waals surface area contributed by atoms with Crippen LogP contribution in [0.3, 0.4) is 0 Å². The molecule has 0 aromatic carbocycles. The SMILES string of the molecule is CCOCCN(CCOCC)S(=O)(=O)c1cccs1. The van der Waals surface area contributed by atoms with Crippen molar-refractivity contribution in [3.8, 4) is 0 Å². The van der Waals surface area contributed by atoms with E-state index in [0.29, 0.717) is 43.7 Å². The molecule has 0 aliphatic carbocycles. The van der Waals surface area contributed by atoms with E-state index in [-0.39, 0.29) is 0 Å². The Morgan fingerprint density at radius 2 is 1.74 bits per heavy atom. The maximum Gasteiger partial charge on any atom is 0.252 e. The summed E-state index contributed by atoms with van der Waals surface area (Å²) in [6.45, 7) is 6.43. The van der Waals surface area contributed by atoms with Gasteiger partial charge in [-0.2, -0.15) is 4.31 Å². The molecule has 0 atom stereocenters. The van der Waals surface area contributed by atoms with Crippen molar-refractivity contribution in [2.45, 2.75) is 18.1 Å². The maximum absolute atomic E-state index is 12.4. The number of sulfonamides is 1. The third-order valence-corrected chi connectivity index (χ3v) is 5.74.